The molecule has 0 saturated carbocycles. The Morgan fingerprint density at radius 1 is 1.08 bits per heavy atom. The van der Waals surface area contributed by atoms with Crippen molar-refractivity contribution in [3.63, 3.8) is 0 Å². The maximum Gasteiger partial charge on any atom is 0.258 e. The van der Waals surface area contributed by atoms with Gasteiger partial charge in [0.25, 0.3) is 5.89 Å². The highest BCUT2D eigenvalue weighted by Gasteiger charge is 2.19. The fraction of sp³-hybridized carbons (Fsp3) is 0.263. The van der Waals surface area contributed by atoms with E-state index in [0.717, 1.165) is 22.2 Å². The third-order valence-electron chi connectivity index (χ3n) is 4.10. The molecule has 0 spiro atoms. The van der Waals surface area contributed by atoms with Gasteiger partial charge in [0.2, 0.25) is 5.82 Å². The summed E-state index contributed by atoms with van der Waals surface area (Å²) in [7, 11) is 1.62. The Kier molecular flexibility index (Phi) is 3.72. The van der Waals surface area contributed by atoms with Gasteiger partial charge in [-0.05, 0) is 51.1 Å². The average Bonchev–Trinajstić information content (AvgIpc) is 3.27. The van der Waals surface area contributed by atoms with Crippen LogP contribution in [-0.2, 0) is 5.54 Å². The number of hydrogen-bond donors (Lipinski definition) is 0. The van der Waals surface area contributed by atoms with Gasteiger partial charge in [0.15, 0.2) is 0 Å². The standard InChI is InChI=1S/C19H19N5O2/c1-19(2,3)24-15-10-9-12(11-14(15)21-23-24)18-20-17(22-26-18)13-7-5-6-8-16(13)25-4/h5-11H,1-4H3. The minimum absolute atomic E-state index is 0.141. The van der Waals surface area contributed by atoms with E-state index in [1.165, 1.54) is 0 Å². The summed E-state index contributed by atoms with van der Waals surface area (Å²) < 4.78 is 12.7. The van der Waals surface area contributed by atoms with Crippen molar-refractivity contribution in [2.75, 3.05) is 7.11 Å². The van der Waals surface area contributed by atoms with Gasteiger partial charge in [-0.2, -0.15) is 4.98 Å². The van der Waals surface area contributed by atoms with E-state index in [1.54, 1.807) is 7.11 Å². The van der Waals surface area contributed by atoms with Crippen LogP contribution in [0.1, 0.15) is 20.8 Å². The molecule has 0 aliphatic rings. The van der Waals surface area contributed by atoms with Crippen LogP contribution in [0.3, 0.4) is 0 Å². The first kappa shape index (κ1) is 16.3. The van der Waals surface area contributed by atoms with Gasteiger partial charge in [-0.3, -0.25) is 0 Å². The van der Waals surface area contributed by atoms with Crippen molar-refractivity contribution in [3.8, 4) is 28.6 Å². The first-order valence-electron chi connectivity index (χ1n) is 8.31. The van der Waals surface area contributed by atoms with Crippen LogP contribution in [0.25, 0.3) is 33.9 Å². The number of benzene rings is 2. The quantitative estimate of drug-likeness (QED) is 0.558. The van der Waals surface area contributed by atoms with Crippen molar-refractivity contribution < 1.29 is 9.26 Å². The van der Waals surface area contributed by atoms with E-state index in [0.29, 0.717) is 17.5 Å². The number of nitrogens with zero attached hydrogens (tertiary/aromatic N) is 5. The van der Waals surface area contributed by atoms with Crippen molar-refractivity contribution in [3.05, 3.63) is 42.5 Å². The zero-order valence-electron chi connectivity index (χ0n) is 15.1. The Balaban J connectivity index is 1.74. The second kappa shape index (κ2) is 5.94. The second-order valence-corrected chi connectivity index (χ2v) is 7.00. The molecule has 0 radical (unpaired) electrons. The average molecular weight is 349 g/mol. The van der Waals surface area contributed by atoms with E-state index in [-0.39, 0.29) is 5.54 Å². The summed E-state index contributed by atoms with van der Waals surface area (Å²) in [6.45, 7) is 6.27. The largest absolute Gasteiger partial charge is 0.496 e. The lowest BCUT2D eigenvalue weighted by molar-refractivity contribution is 0.358. The maximum atomic E-state index is 5.46. The van der Waals surface area contributed by atoms with Crippen LogP contribution in [0.4, 0.5) is 0 Å². The van der Waals surface area contributed by atoms with Gasteiger partial charge < -0.3 is 9.26 Å². The third-order valence-corrected chi connectivity index (χ3v) is 4.10. The molecule has 0 unspecified atom stereocenters. The highest BCUT2D eigenvalue weighted by Crippen LogP contribution is 2.30. The number of aromatic nitrogens is 5. The SMILES string of the molecule is COc1ccccc1-c1noc(-c2ccc3c(c2)nnn3C(C)(C)C)n1. The second-order valence-electron chi connectivity index (χ2n) is 7.00. The number of para-hydroxylation sites is 1. The van der Waals surface area contributed by atoms with Crippen LogP contribution in [-0.4, -0.2) is 32.2 Å². The lowest BCUT2D eigenvalue weighted by atomic mass is 10.1. The Morgan fingerprint density at radius 2 is 1.88 bits per heavy atom. The van der Waals surface area contributed by atoms with Crippen molar-refractivity contribution in [1.29, 1.82) is 0 Å². The summed E-state index contributed by atoms with van der Waals surface area (Å²) in [6.07, 6.45) is 0. The molecular formula is C19H19N5O2. The number of rotatable bonds is 3. The fourth-order valence-corrected chi connectivity index (χ4v) is 2.83. The summed E-state index contributed by atoms with van der Waals surface area (Å²) in [5.41, 5.74) is 3.19. The number of hydrogen-bond acceptors (Lipinski definition) is 6. The summed E-state index contributed by atoms with van der Waals surface area (Å²) >= 11 is 0. The van der Waals surface area contributed by atoms with Gasteiger partial charge in [-0.1, -0.05) is 22.5 Å². The molecule has 2 aromatic carbocycles. The van der Waals surface area contributed by atoms with Crippen molar-refractivity contribution in [2.45, 2.75) is 26.3 Å². The van der Waals surface area contributed by atoms with E-state index in [2.05, 4.69) is 41.2 Å². The van der Waals surface area contributed by atoms with Crippen LogP contribution in [0.15, 0.2) is 47.0 Å². The molecule has 7 heteroatoms. The zero-order chi connectivity index (χ0) is 18.3. The van der Waals surface area contributed by atoms with E-state index in [1.807, 2.05) is 47.1 Å². The number of methoxy groups -OCH3 is 1. The van der Waals surface area contributed by atoms with Crippen LogP contribution in [0.2, 0.25) is 0 Å². The summed E-state index contributed by atoms with van der Waals surface area (Å²) in [5, 5.41) is 12.6. The minimum atomic E-state index is -0.141. The maximum absolute atomic E-state index is 5.46. The molecular weight excluding hydrogens is 330 g/mol. The zero-order valence-corrected chi connectivity index (χ0v) is 15.1. The highest BCUT2D eigenvalue weighted by molar-refractivity contribution is 5.80. The summed E-state index contributed by atoms with van der Waals surface area (Å²) in [6, 6.07) is 13.4. The molecule has 0 atom stereocenters. The lowest BCUT2D eigenvalue weighted by Gasteiger charge is -2.19. The highest BCUT2D eigenvalue weighted by atomic mass is 16.5. The Morgan fingerprint density at radius 3 is 2.65 bits per heavy atom. The molecule has 7 nitrogen and oxygen atoms in total. The third kappa shape index (κ3) is 2.71. The predicted octanol–water partition coefficient (Wildman–Crippen LogP) is 3.91. The molecule has 0 N–H and O–H groups in total. The smallest absolute Gasteiger partial charge is 0.258 e. The van der Waals surface area contributed by atoms with Crippen molar-refractivity contribution in [2.24, 2.45) is 0 Å². The monoisotopic (exact) mass is 349 g/mol. The van der Waals surface area contributed by atoms with Gasteiger partial charge in [0.1, 0.15) is 11.3 Å². The van der Waals surface area contributed by atoms with Crippen LogP contribution >= 0.6 is 0 Å². The lowest BCUT2D eigenvalue weighted by Crippen LogP contribution is -2.22. The van der Waals surface area contributed by atoms with Crippen LogP contribution in [0.5, 0.6) is 5.75 Å². The molecule has 132 valence electrons. The van der Waals surface area contributed by atoms with E-state index < -0.39 is 0 Å². The van der Waals surface area contributed by atoms with Gasteiger partial charge in [-0.15, -0.1) is 5.10 Å². The molecule has 26 heavy (non-hydrogen) atoms. The normalized spacial score (nSPS) is 11.8. The Bertz CT molecular complexity index is 1070. The molecule has 0 bridgehead atoms. The van der Waals surface area contributed by atoms with Crippen LogP contribution < -0.4 is 4.74 Å². The molecule has 0 aliphatic heterocycles. The van der Waals surface area contributed by atoms with Gasteiger partial charge in [0.05, 0.1) is 23.7 Å². The molecule has 0 saturated heterocycles. The van der Waals surface area contributed by atoms with Gasteiger partial charge >= 0.3 is 0 Å². The van der Waals surface area contributed by atoms with E-state index in [4.69, 9.17) is 9.26 Å². The molecule has 0 amide bonds. The minimum Gasteiger partial charge on any atom is -0.496 e. The number of ether oxygens (including phenoxy) is 1. The van der Waals surface area contributed by atoms with E-state index in [9.17, 15) is 0 Å². The molecule has 0 aliphatic carbocycles. The van der Waals surface area contributed by atoms with E-state index >= 15 is 0 Å². The molecule has 2 aromatic heterocycles. The molecule has 4 aromatic rings. The van der Waals surface area contributed by atoms with Crippen molar-refractivity contribution >= 4 is 11.0 Å². The van der Waals surface area contributed by atoms with Gasteiger partial charge in [0, 0.05) is 5.56 Å². The Labute approximate surface area is 150 Å². The predicted molar refractivity (Wildman–Crippen MR) is 97.8 cm³/mol. The number of fused-ring (bicyclic) bond motifs is 1. The molecule has 4 rings (SSSR count). The Hall–Kier alpha value is -3.22. The van der Waals surface area contributed by atoms with Crippen molar-refractivity contribution in [1.82, 2.24) is 25.1 Å². The summed E-state index contributed by atoms with van der Waals surface area (Å²) in [4.78, 5) is 4.51. The first-order chi connectivity index (χ1) is 12.5. The first-order valence-corrected chi connectivity index (χ1v) is 8.31. The van der Waals surface area contributed by atoms with Gasteiger partial charge in [-0.25, -0.2) is 4.68 Å². The summed E-state index contributed by atoms with van der Waals surface area (Å²) in [5.74, 6) is 1.61. The molecule has 0 fully saturated rings. The molecule has 2 heterocycles. The topological polar surface area (TPSA) is 78.9 Å². The fourth-order valence-electron chi connectivity index (χ4n) is 2.83. The van der Waals surface area contributed by atoms with Crippen LogP contribution in [0, 0.1) is 0 Å².